The highest BCUT2D eigenvalue weighted by Crippen LogP contribution is 2.25. The van der Waals surface area contributed by atoms with E-state index in [4.69, 9.17) is 9.84 Å². The topological polar surface area (TPSA) is 32.7 Å². The molecule has 0 amide bonds. The van der Waals surface area contributed by atoms with Gasteiger partial charge < -0.3 is 14.7 Å². The molecule has 0 saturated carbocycles. The minimum atomic E-state index is 0.108. The predicted octanol–water partition coefficient (Wildman–Crippen LogP) is 1.84. The van der Waals surface area contributed by atoms with Gasteiger partial charge in [-0.25, -0.2) is 0 Å². The van der Waals surface area contributed by atoms with Gasteiger partial charge in [-0.2, -0.15) is 0 Å². The van der Waals surface area contributed by atoms with Crippen molar-refractivity contribution in [3.63, 3.8) is 0 Å². The Morgan fingerprint density at radius 2 is 2.06 bits per heavy atom. The van der Waals surface area contributed by atoms with Gasteiger partial charge in [-0.15, -0.1) is 0 Å². The van der Waals surface area contributed by atoms with Gasteiger partial charge in [0.25, 0.3) is 0 Å². The Bertz CT molecular complexity index is 341. The number of ether oxygens (including phenoxy) is 1. The maximum absolute atomic E-state index is 8.67. The molecule has 2 rings (SSSR count). The summed E-state index contributed by atoms with van der Waals surface area (Å²) in [5.74, 6) is 0. The van der Waals surface area contributed by atoms with Crippen LogP contribution in [-0.2, 0) is 11.2 Å². The molecule has 0 unspecified atom stereocenters. The molecule has 1 N–H and O–H groups in total. The number of hydrogen-bond donors (Lipinski definition) is 1. The highest BCUT2D eigenvalue weighted by Gasteiger charge is 2.13. The lowest BCUT2D eigenvalue weighted by Crippen LogP contribution is -2.28. The SMILES string of the molecule is OCCOCCN1CCCCc2ccccc21. The third-order valence-corrected chi connectivity index (χ3v) is 3.20. The predicted molar refractivity (Wildman–Crippen MR) is 69.5 cm³/mol. The standard InChI is InChI=1S/C14H21NO2/c16-10-12-17-11-9-15-8-4-3-6-13-5-1-2-7-14(13)15/h1-2,5,7,16H,3-4,6,8-12H2. The number of anilines is 1. The number of aryl methyl sites for hydroxylation is 1. The maximum atomic E-state index is 8.67. The van der Waals surface area contributed by atoms with Crippen LogP contribution in [0.15, 0.2) is 24.3 Å². The number of aliphatic hydroxyl groups is 1. The Labute approximate surface area is 103 Å². The molecule has 3 heteroatoms. The molecule has 1 aliphatic rings. The molecule has 1 heterocycles. The van der Waals surface area contributed by atoms with Crippen molar-refractivity contribution >= 4 is 5.69 Å². The summed E-state index contributed by atoms with van der Waals surface area (Å²) in [4.78, 5) is 2.40. The van der Waals surface area contributed by atoms with Crippen LogP contribution >= 0.6 is 0 Å². The van der Waals surface area contributed by atoms with Crippen molar-refractivity contribution in [3.8, 4) is 0 Å². The van der Waals surface area contributed by atoms with Crippen LogP contribution in [0.5, 0.6) is 0 Å². The van der Waals surface area contributed by atoms with Crippen LogP contribution in [0.4, 0.5) is 5.69 Å². The van der Waals surface area contributed by atoms with Crippen molar-refractivity contribution in [2.24, 2.45) is 0 Å². The summed E-state index contributed by atoms with van der Waals surface area (Å²) in [6.07, 6.45) is 3.70. The number of benzene rings is 1. The smallest absolute Gasteiger partial charge is 0.0698 e. The van der Waals surface area contributed by atoms with E-state index in [2.05, 4.69) is 29.2 Å². The molecule has 0 spiro atoms. The Morgan fingerprint density at radius 3 is 2.94 bits per heavy atom. The minimum absolute atomic E-state index is 0.108. The molecule has 3 nitrogen and oxygen atoms in total. The Hall–Kier alpha value is -1.06. The first-order chi connectivity index (χ1) is 8.42. The first-order valence-electron chi connectivity index (χ1n) is 6.43. The largest absolute Gasteiger partial charge is 0.394 e. The lowest BCUT2D eigenvalue weighted by atomic mass is 10.1. The molecule has 1 aliphatic heterocycles. The zero-order valence-electron chi connectivity index (χ0n) is 10.3. The van der Waals surface area contributed by atoms with Crippen molar-refractivity contribution in [2.75, 3.05) is 37.8 Å². The molecule has 0 aromatic heterocycles. The maximum Gasteiger partial charge on any atom is 0.0698 e. The quantitative estimate of drug-likeness (QED) is 0.790. The van der Waals surface area contributed by atoms with Crippen molar-refractivity contribution in [1.82, 2.24) is 0 Å². The van der Waals surface area contributed by atoms with Gasteiger partial charge in [0.2, 0.25) is 0 Å². The van der Waals surface area contributed by atoms with Crippen LogP contribution < -0.4 is 4.90 Å². The van der Waals surface area contributed by atoms with E-state index in [0.29, 0.717) is 13.2 Å². The van der Waals surface area contributed by atoms with Crippen LogP contribution in [0, 0.1) is 0 Å². The van der Waals surface area contributed by atoms with Crippen molar-refractivity contribution in [2.45, 2.75) is 19.3 Å². The lowest BCUT2D eigenvalue weighted by Gasteiger charge is -2.24. The van der Waals surface area contributed by atoms with E-state index >= 15 is 0 Å². The number of para-hydroxylation sites is 1. The normalized spacial score (nSPS) is 15.5. The zero-order valence-corrected chi connectivity index (χ0v) is 10.3. The van der Waals surface area contributed by atoms with Crippen molar-refractivity contribution in [1.29, 1.82) is 0 Å². The van der Waals surface area contributed by atoms with Crippen molar-refractivity contribution < 1.29 is 9.84 Å². The van der Waals surface area contributed by atoms with E-state index in [9.17, 15) is 0 Å². The summed E-state index contributed by atoms with van der Waals surface area (Å²) >= 11 is 0. The summed E-state index contributed by atoms with van der Waals surface area (Å²) in [6, 6.07) is 8.64. The van der Waals surface area contributed by atoms with Crippen molar-refractivity contribution in [3.05, 3.63) is 29.8 Å². The second kappa shape index (κ2) is 6.62. The lowest BCUT2D eigenvalue weighted by molar-refractivity contribution is 0.0966. The molecule has 0 aliphatic carbocycles. The van der Waals surface area contributed by atoms with E-state index in [0.717, 1.165) is 13.1 Å². The Kier molecular flexibility index (Phi) is 4.83. The number of nitrogens with zero attached hydrogens (tertiary/aromatic N) is 1. The van der Waals surface area contributed by atoms with E-state index in [1.54, 1.807) is 0 Å². The van der Waals surface area contributed by atoms with Crippen LogP contribution in [0.2, 0.25) is 0 Å². The molecule has 0 bridgehead atoms. The monoisotopic (exact) mass is 235 g/mol. The van der Waals surface area contributed by atoms with Crippen LogP contribution in [0.3, 0.4) is 0 Å². The average molecular weight is 235 g/mol. The van der Waals surface area contributed by atoms with Gasteiger partial charge >= 0.3 is 0 Å². The third-order valence-electron chi connectivity index (χ3n) is 3.20. The summed E-state index contributed by atoms with van der Waals surface area (Å²) in [5.41, 5.74) is 2.81. The van der Waals surface area contributed by atoms with Gasteiger partial charge in [-0.1, -0.05) is 18.2 Å². The molecule has 1 aromatic rings. The molecule has 94 valence electrons. The Morgan fingerprint density at radius 1 is 1.18 bits per heavy atom. The van der Waals surface area contributed by atoms with E-state index in [1.807, 2.05) is 0 Å². The van der Waals surface area contributed by atoms with E-state index < -0.39 is 0 Å². The fourth-order valence-corrected chi connectivity index (χ4v) is 2.34. The molecule has 0 saturated heterocycles. The third kappa shape index (κ3) is 3.45. The first kappa shape index (κ1) is 12.4. The zero-order chi connectivity index (χ0) is 11.9. The summed E-state index contributed by atoms with van der Waals surface area (Å²) in [5, 5.41) is 8.67. The molecule has 0 fully saturated rings. The molecule has 1 aromatic carbocycles. The number of fused-ring (bicyclic) bond motifs is 1. The number of aliphatic hydroxyl groups excluding tert-OH is 1. The van der Waals surface area contributed by atoms with Crippen LogP contribution in [0.25, 0.3) is 0 Å². The molecule has 0 atom stereocenters. The summed E-state index contributed by atoms with van der Waals surface area (Å²) in [7, 11) is 0. The van der Waals surface area contributed by atoms with Gasteiger partial charge in [0.1, 0.15) is 0 Å². The first-order valence-corrected chi connectivity index (χ1v) is 6.43. The molecular weight excluding hydrogens is 214 g/mol. The summed E-state index contributed by atoms with van der Waals surface area (Å²) in [6.45, 7) is 3.26. The number of rotatable bonds is 5. The fourth-order valence-electron chi connectivity index (χ4n) is 2.34. The average Bonchev–Trinajstić information content (AvgIpc) is 2.57. The summed E-state index contributed by atoms with van der Waals surface area (Å²) < 4.78 is 5.35. The molecular formula is C14H21NO2. The van der Waals surface area contributed by atoms with E-state index in [-0.39, 0.29) is 6.61 Å². The Balaban J connectivity index is 1.97. The van der Waals surface area contributed by atoms with Crippen LogP contribution in [0.1, 0.15) is 18.4 Å². The van der Waals surface area contributed by atoms with Gasteiger partial charge in [-0.05, 0) is 30.9 Å². The van der Waals surface area contributed by atoms with Crippen LogP contribution in [-0.4, -0.2) is 38.0 Å². The van der Waals surface area contributed by atoms with Gasteiger partial charge in [0.05, 0.1) is 19.8 Å². The van der Waals surface area contributed by atoms with E-state index in [1.165, 1.54) is 30.5 Å². The molecule has 17 heavy (non-hydrogen) atoms. The highest BCUT2D eigenvalue weighted by atomic mass is 16.5. The second-order valence-corrected chi connectivity index (χ2v) is 4.41. The van der Waals surface area contributed by atoms with Gasteiger partial charge in [0, 0.05) is 18.8 Å². The second-order valence-electron chi connectivity index (χ2n) is 4.41. The minimum Gasteiger partial charge on any atom is -0.394 e. The van der Waals surface area contributed by atoms with Gasteiger partial charge in [0.15, 0.2) is 0 Å². The molecule has 0 radical (unpaired) electrons. The number of hydrogen-bond acceptors (Lipinski definition) is 3. The highest BCUT2D eigenvalue weighted by molar-refractivity contribution is 5.54. The fraction of sp³-hybridized carbons (Fsp3) is 0.571. The van der Waals surface area contributed by atoms with Gasteiger partial charge in [-0.3, -0.25) is 0 Å².